The van der Waals surface area contributed by atoms with Gasteiger partial charge in [0.15, 0.2) is 0 Å². The van der Waals surface area contributed by atoms with Gasteiger partial charge in [0.1, 0.15) is 0 Å². The highest BCUT2D eigenvalue weighted by Gasteiger charge is 2.27. The molecule has 1 rings (SSSR count). The number of hydrogen-bond acceptors (Lipinski definition) is 3. The Labute approximate surface area is 107 Å². The van der Waals surface area contributed by atoms with Crippen molar-refractivity contribution in [2.24, 2.45) is 5.14 Å². The standard InChI is InChI=1S/C10H11F3N2O3S/c11-10(12,13)6-5-9(16)15-7-1-3-8(4-2-7)19(14,17)18/h1-4H,5-6H2,(H,15,16)(H2,14,17,18). The van der Waals surface area contributed by atoms with Crippen LogP contribution in [0.5, 0.6) is 0 Å². The molecule has 1 aromatic rings. The summed E-state index contributed by atoms with van der Waals surface area (Å²) in [7, 11) is -3.84. The van der Waals surface area contributed by atoms with E-state index < -0.39 is 34.9 Å². The molecule has 0 aliphatic heterocycles. The van der Waals surface area contributed by atoms with E-state index in [1.165, 1.54) is 12.1 Å². The molecule has 0 spiro atoms. The summed E-state index contributed by atoms with van der Waals surface area (Å²) in [5, 5.41) is 7.08. The highest BCUT2D eigenvalue weighted by Crippen LogP contribution is 2.21. The third-order valence-electron chi connectivity index (χ3n) is 2.10. The topological polar surface area (TPSA) is 89.3 Å². The number of rotatable bonds is 4. The molecule has 0 aliphatic carbocycles. The van der Waals surface area contributed by atoms with Crippen molar-refractivity contribution in [3.63, 3.8) is 0 Å². The largest absolute Gasteiger partial charge is 0.389 e. The number of nitrogens with one attached hydrogen (secondary N) is 1. The number of primary sulfonamides is 1. The number of alkyl halides is 3. The van der Waals surface area contributed by atoms with Gasteiger partial charge in [0.2, 0.25) is 15.9 Å². The van der Waals surface area contributed by atoms with E-state index >= 15 is 0 Å². The first kappa shape index (κ1) is 15.4. The zero-order chi connectivity index (χ0) is 14.7. The van der Waals surface area contributed by atoms with Gasteiger partial charge in [0.05, 0.1) is 11.3 Å². The number of amides is 1. The van der Waals surface area contributed by atoms with Crippen molar-refractivity contribution >= 4 is 21.6 Å². The Morgan fingerprint density at radius 1 is 1.21 bits per heavy atom. The molecule has 0 radical (unpaired) electrons. The van der Waals surface area contributed by atoms with Crippen LogP contribution in [-0.4, -0.2) is 20.5 Å². The first-order chi connectivity index (χ1) is 8.58. The van der Waals surface area contributed by atoms with E-state index in [2.05, 4.69) is 5.32 Å². The van der Waals surface area contributed by atoms with E-state index in [-0.39, 0.29) is 10.6 Å². The minimum absolute atomic E-state index is 0.152. The predicted octanol–water partition coefficient (Wildman–Crippen LogP) is 1.62. The first-order valence-electron chi connectivity index (χ1n) is 5.07. The fourth-order valence-electron chi connectivity index (χ4n) is 1.21. The minimum Gasteiger partial charge on any atom is -0.326 e. The third-order valence-corrected chi connectivity index (χ3v) is 3.03. The molecule has 1 amide bonds. The van der Waals surface area contributed by atoms with Crippen molar-refractivity contribution in [1.29, 1.82) is 0 Å². The van der Waals surface area contributed by atoms with Crippen LogP contribution in [0.2, 0.25) is 0 Å². The van der Waals surface area contributed by atoms with Crippen LogP contribution in [0.1, 0.15) is 12.8 Å². The summed E-state index contributed by atoms with van der Waals surface area (Å²) < 4.78 is 57.5. The molecule has 1 aromatic carbocycles. The lowest BCUT2D eigenvalue weighted by molar-refractivity contribution is -0.142. The van der Waals surface area contributed by atoms with Crippen LogP contribution < -0.4 is 10.5 Å². The van der Waals surface area contributed by atoms with Crippen molar-refractivity contribution in [3.8, 4) is 0 Å². The van der Waals surface area contributed by atoms with Crippen LogP contribution in [0.15, 0.2) is 29.2 Å². The van der Waals surface area contributed by atoms with Crippen molar-refractivity contribution in [2.75, 3.05) is 5.32 Å². The van der Waals surface area contributed by atoms with E-state index in [9.17, 15) is 26.4 Å². The Hall–Kier alpha value is -1.61. The fourth-order valence-corrected chi connectivity index (χ4v) is 1.72. The number of benzene rings is 1. The van der Waals surface area contributed by atoms with Crippen molar-refractivity contribution in [1.82, 2.24) is 0 Å². The van der Waals surface area contributed by atoms with E-state index in [0.29, 0.717) is 0 Å². The molecule has 0 saturated heterocycles. The predicted molar refractivity (Wildman–Crippen MR) is 61.7 cm³/mol. The molecule has 0 heterocycles. The van der Waals surface area contributed by atoms with Gasteiger partial charge in [-0.3, -0.25) is 4.79 Å². The normalized spacial score (nSPS) is 12.2. The van der Waals surface area contributed by atoms with Crippen LogP contribution in [0.3, 0.4) is 0 Å². The molecule has 9 heteroatoms. The Bertz CT molecular complexity index is 552. The molecule has 19 heavy (non-hydrogen) atoms. The summed E-state index contributed by atoms with van der Waals surface area (Å²) in [6.45, 7) is 0. The average Bonchev–Trinajstić information content (AvgIpc) is 2.25. The van der Waals surface area contributed by atoms with Crippen LogP contribution in [0, 0.1) is 0 Å². The van der Waals surface area contributed by atoms with Crippen LogP contribution in [0.25, 0.3) is 0 Å². The minimum atomic E-state index is -4.39. The van der Waals surface area contributed by atoms with Gasteiger partial charge in [0, 0.05) is 12.1 Å². The molecule has 0 aliphatic rings. The van der Waals surface area contributed by atoms with Crippen LogP contribution in [-0.2, 0) is 14.8 Å². The van der Waals surface area contributed by atoms with Gasteiger partial charge in [-0.2, -0.15) is 13.2 Å². The molecule has 106 valence electrons. The Morgan fingerprint density at radius 2 is 1.74 bits per heavy atom. The molecule has 0 bridgehead atoms. The molecule has 5 nitrogen and oxygen atoms in total. The summed E-state index contributed by atoms with van der Waals surface area (Å²) in [6.07, 6.45) is -6.30. The van der Waals surface area contributed by atoms with Crippen LogP contribution >= 0.6 is 0 Å². The number of nitrogens with two attached hydrogens (primary N) is 1. The number of hydrogen-bond donors (Lipinski definition) is 2. The van der Waals surface area contributed by atoms with E-state index in [1.54, 1.807) is 0 Å². The number of sulfonamides is 1. The molecular weight excluding hydrogens is 285 g/mol. The average molecular weight is 296 g/mol. The molecule has 3 N–H and O–H groups in total. The zero-order valence-corrected chi connectivity index (χ0v) is 10.4. The number of carbonyl (C=O) groups is 1. The van der Waals surface area contributed by atoms with E-state index in [4.69, 9.17) is 5.14 Å². The van der Waals surface area contributed by atoms with Gasteiger partial charge in [-0.25, -0.2) is 13.6 Å². The van der Waals surface area contributed by atoms with E-state index in [0.717, 1.165) is 12.1 Å². The van der Waals surface area contributed by atoms with Gasteiger partial charge >= 0.3 is 6.18 Å². The molecule has 0 fully saturated rings. The quantitative estimate of drug-likeness (QED) is 0.884. The second-order valence-electron chi connectivity index (χ2n) is 3.73. The maximum Gasteiger partial charge on any atom is 0.389 e. The van der Waals surface area contributed by atoms with Crippen molar-refractivity contribution in [3.05, 3.63) is 24.3 Å². The lowest BCUT2D eigenvalue weighted by atomic mass is 10.2. The summed E-state index contributed by atoms with van der Waals surface area (Å²) in [5.74, 6) is -0.805. The highest BCUT2D eigenvalue weighted by atomic mass is 32.2. The van der Waals surface area contributed by atoms with Crippen molar-refractivity contribution < 1.29 is 26.4 Å². The molecule has 0 atom stereocenters. The lowest BCUT2D eigenvalue weighted by Gasteiger charge is -2.07. The maximum atomic E-state index is 11.9. The van der Waals surface area contributed by atoms with Gasteiger partial charge in [-0.15, -0.1) is 0 Å². The molecular formula is C10H11F3N2O3S. The summed E-state index contributed by atoms with van der Waals surface area (Å²) >= 11 is 0. The Morgan fingerprint density at radius 3 is 2.16 bits per heavy atom. The maximum absolute atomic E-state index is 11.9. The smallest absolute Gasteiger partial charge is 0.326 e. The van der Waals surface area contributed by atoms with Gasteiger partial charge in [0.25, 0.3) is 0 Å². The van der Waals surface area contributed by atoms with Gasteiger partial charge < -0.3 is 5.32 Å². The summed E-state index contributed by atoms with van der Waals surface area (Å²) in [6, 6.07) is 4.78. The van der Waals surface area contributed by atoms with E-state index in [1.807, 2.05) is 0 Å². The summed E-state index contributed by atoms with van der Waals surface area (Å²) in [5.41, 5.74) is 0.194. The Balaban J connectivity index is 2.61. The lowest BCUT2D eigenvalue weighted by Crippen LogP contribution is -2.17. The number of carbonyl (C=O) groups excluding carboxylic acids is 1. The van der Waals surface area contributed by atoms with Gasteiger partial charge in [-0.05, 0) is 24.3 Å². The Kier molecular flexibility index (Phi) is 4.53. The van der Waals surface area contributed by atoms with Gasteiger partial charge in [-0.1, -0.05) is 0 Å². The molecule has 0 unspecified atom stereocenters. The highest BCUT2D eigenvalue weighted by molar-refractivity contribution is 7.89. The molecule has 0 aromatic heterocycles. The summed E-state index contributed by atoms with van der Waals surface area (Å²) in [4.78, 5) is 11.0. The van der Waals surface area contributed by atoms with Crippen LogP contribution in [0.4, 0.5) is 18.9 Å². The first-order valence-corrected chi connectivity index (χ1v) is 6.62. The third kappa shape index (κ3) is 5.71. The zero-order valence-electron chi connectivity index (χ0n) is 9.57. The molecule has 0 saturated carbocycles. The second-order valence-corrected chi connectivity index (χ2v) is 5.29. The second kappa shape index (κ2) is 5.57. The monoisotopic (exact) mass is 296 g/mol. The van der Waals surface area contributed by atoms with Crippen molar-refractivity contribution in [2.45, 2.75) is 23.9 Å². The number of anilines is 1. The SMILES string of the molecule is NS(=O)(=O)c1ccc(NC(=O)CCC(F)(F)F)cc1. The fraction of sp³-hybridized carbons (Fsp3) is 0.300. The number of halogens is 3.